The SMILES string of the molecule is Cc1ccc(F)c(C(O)c2ccc(F)cc2)c1. The second-order valence-electron chi connectivity index (χ2n) is 3.98. The molecular formula is C14H12F2O. The number of hydrogen-bond donors (Lipinski definition) is 1. The van der Waals surface area contributed by atoms with E-state index in [4.69, 9.17) is 0 Å². The number of halogens is 2. The van der Waals surface area contributed by atoms with Crippen LogP contribution in [0.15, 0.2) is 42.5 Å². The third-order valence-electron chi connectivity index (χ3n) is 2.63. The van der Waals surface area contributed by atoms with Crippen LogP contribution >= 0.6 is 0 Å². The van der Waals surface area contributed by atoms with Gasteiger partial charge in [0.15, 0.2) is 0 Å². The van der Waals surface area contributed by atoms with Gasteiger partial charge in [-0.1, -0.05) is 29.8 Å². The number of benzene rings is 2. The lowest BCUT2D eigenvalue weighted by atomic mass is 9.99. The number of aliphatic hydroxyl groups excluding tert-OH is 1. The van der Waals surface area contributed by atoms with Gasteiger partial charge in [0.2, 0.25) is 0 Å². The molecule has 0 aliphatic heterocycles. The van der Waals surface area contributed by atoms with E-state index in [1.807, 2.05) is 6.92 Å². The first-order chi connectivity index (χ1) is 8.08. The molecule has 0 aromatic heterocycles. The number of rotatable bonds is 2. The van der Waals surface area contributed by atoms with Crippen LogP contribution in [-0.4, -0.2) is 5.11 Å². The minimum absolute atomic E-state index is 0.205. The van der Waals surface area contributed by atoms with Gasteiger partial charge in [0.1, 0.15) is 17.7 Å². The standard InChI is InChI=1S/C14H12F2O/c1-9-2-7-13(16)12(8-9)14(17)10-3-5-11(15)6-4-10/h2-8,14,17H,1H3. The largest absolute Gasteiger partial charge is 0.384 e. The molecule has 0 spiro atoms. The summed E-state index contributed by atoms with van der Waals surface area (Å²) in [4.78, 5) is 0. The van der Waals surface area contributed by atoms with Crippen molar-refractivity contribution in [3.05, 3.63) is 70.8 Å². The molecule has 0 saturated carbocycles. The maximum atomic E-state index is 13.6. The van der Waals surface area contributed by atoms with Crippen LogP contribution in [0, 0.1) is 18.6 Å². The van der Waals surface area contributed by atoms with Crippen LogP contribution in [-0.2, 0) is 0 Å². The molecule has 3 heteroatoms. The summed E-state index contributed by atoms with van der Waals surface area (Å²) < 4.78 is 26.3. The summed E-state index contributed by atoms with van der Waals surface area (Å²) in [6.45, 7) is 1.82. The zero-order chi connectivity index (χ0) is 12.4. The molecule has 0 amide bonds. The van der Waals surface area contributed by atoms with E-state index < -0.39 is 11.9 Å². The molecule has 0 aliphatic rings. The molecule has 0 heterocycles. The van der Waals surface area contributed by atoms with Crippen molar-refractivity contribution in [2.45, 2.75) is 13.0 Å². The molecule has 0 aliphatic carbocycles. The van der Waals surface area contributed by atoms with Crippen LogP contribution in [0.4, 0.5) is 8.78 Å². The summed E-state index contributed by atoms with van der Waals surface area (Å²) >= 11 is 0. The minimum atomic E-state index is -1.07. The summed E-state index contributed by atoms with van der Waals surface area (Å²) in [5.74, 6) is -0.849. The molecule has 88 valence electrons. The lowest BCUT2D eigenvalue weighted by Crippen LogP contribution is -2.03. The van der Waals surface area contributed by atoms with Gasteiger partial charge >= 0.3 is 0 Å². The number of hydrogen-bond acceptors (Lipinski definition) is 1. The van der Waals surface area contributed by atoms with Crippen molar-refractivity contribution in [3.8, 4) is 0 Å². The maximum absolute atomic E-state index is 13.6. The Morgan fingerprint density at radius 2 is 1.65 bits per heavy atom. The first-order valence-corrected chi connectivity index (χ1v) is 5.27. The number of aliphatic hydroxyl groups is 1. The molecule has 1 unspecified atom stereocenters. The van der Waals surface area contributed by atoms with Gasteiger partial charge in [0.25, 0.3) is 0 Å². The highest BCUT2D eigenvalue weighted by Crippen LogP contribution is 2.25. The van der Waals surface area contributed by atoms with Crippen molar-refractivity contribution in [2.75, 3.05) is 0 Å². The predicted molar refractivity (Wildman–Crippen MR) is 61.6 cm³/mol. The molecular weight excluding hydrogens is 222 g/mol. The second-order valence-corrected chi connectivity index (χ2v) is 3.98. The van der Waals surface area contributed by atoms with Crippen LogP contribution in [0.25, 0.3) is 0 Å². The smallest absolute Gasteiger partial charge is 0.129 e. The summed E-state index contributed by atoms with van der Waals surface area (Å²) in [7, 11) is 0. The van der Waals surface area contributed by atoms with E-state index in [1.54, 1.807) is 12.1 Å². The van der Waals surface area contributed by atoms with Crippen molar-refractivity contribution in [3.63, 3.8) is 0 Å². The molecule has 2 aromatic carbocycles. The first kappa shape index (κ1) is 11.7. The number of aryl methyl sites for hydroxylation is 1. The zero-order valence-corrected chi connectivity index (χ0v) is 9.32. The third kappa shape index (κ3) is 2.50. The Balaban J connectivity index is 2.39. The van der Waals surface area contributed by atoms with E-state index in [0.717, 1.165) is 5.56 Å². The van der Waals surface area contributed by atoms with Gasteiger partial charge in [-0.2, -0.15) is 0 Å². The molecule has 0 radical (unpaired) electrons. The molecule has 0 saturated heterocycles. The van der Waals surface area contributed by atoms with Gasteiger partial charge < -0.3 is 5.11 Å². The average Bonchev–Trinajstić information content (AvgIpc) is 2.32. The van der Waals surface area contributed by atoms with Gasteiger partial charge in [0.05, 0.1) is 0 Å². The highest BCUT2D eigenvalue weighted by molar-refractivity contribution is 5.33. The Bertz CT molecular complexity index is 520. The Hall–Kier alpha value is -1.74. The molecule has 1 atom stereocenters. The normalized spacial score (nSPS) is 12.5. The van der Waals surface area contributed by atoms with Gasteiger partial charge in [-0.15, -0.1) is 0 Å². The Kier molecular flexibility index (Phi) is 3.20. The molecule has 17 heavy (non-hydrogen) atoms. The van der Waals surface area contributed by atoms with Crippen LogP contribution in [0.2, 0.25) is 0 Å². The molecule has 2 aromatic rings. The Labute approximate surface area is 98.3 Å². The molecule has 0 fully saturated rings. The van der Waals surface area contributed by atoms with Crippen molar-refractivity contribution in [2.24, 2.45) is 0 Å². The summed E-state index contributed by atoms with van der Waals surface area (Å²) in [6.07, 6.45) is -1.07. The molecule has 1 N–H and O–H groups in total. The van der Waals surface area contributed by atoms with Crippen LogP contribution in [0.3, 0.4) is 0 Å². The topological polar surface area (TPSA) is 20.2 Å². The highest BCUT2D eigenvalue weighted by Gasteiger charge is 2.14. The van der Waals surface area contributed by atoms with Gasteiger partial charge in [-0.25, -0.2) is 8.78 Å². The monoisotopic (exact) mass is 234 g/mol. The highest BCUT2D eigenvalue weighted by atomic mass is 19.1. The molecule has 2 rings (SSSR count). The van der Waals surface area contributed by atoms with E-state index in [-0.39, 0.29) is 11.4 Å². The molecule has 1 nitrogen and oxygen atoms in total. The fraction of sp³-hybridized carbons (Fsp3) is 0.143. The second kappa shape index (κ2) is 4.63. The fourth-order valence-electron chi connectivity index (χ4n) is 1.70. The van der Waals surface area contributed by atoms with E-state index in [1.165, 1.54) is 30.3 Å². The van der Waals surface area contributed by atoms with Gasteiger partial charge in [0, 0.05) is 5.56 Å². The van der Waals surface area contributed by atoms with Crippen LogP contribution in [0.1, 0.15) is 22.8 Å². The first-order valence-electron chi connectivity index (χ1n) is 5.27. The van der Waals surface area contributed by atoms with Crippen molar-refractivity contribution < 1.29 is 13.9 Å². The van der Waals surface area contributed by atoms with Crippen molar-refractivity contribution in [1.82, 2.24) is 0 Å². The fourth-order valence-corrected chi connectivity index (χ4v) is 1.70. The van der Waals surface area contributed by atoms with Gasteiger partial charge in [-0.3, -0.25) is 0 Å². The van der Waals surface area contributed by atoms with Crippen molar-refractivity contribution in [1.29, 1.82) is 0 Å². The van der Waals surface area contributed by atoms with E-state index >= 15 is 0 Å². The Morgan fingerprint density at radius 3 is 2.29 bits per heavy atom. The zero-order valence-electron chi connectivity index (χ0n) is 9.32. The molecule has 0 bridgehead atoms. The van der Waals surface area contributed by atoms with E-state index in [0.29, 0.717) is 5.56 Å². The minimum Gasteiger partial charge on any atom is -0.384 e. The van der Waals surface area contributed by atoms with Gasteiger partial charge in [-0.05, 0) is 30.7 Å². The van der Waals surface area contributed by atoms with Crippen LogP contribution < -0.4 is 0 Å². The van der Waals surface area contributed by atoms with Crippen molar-refractivity contribution >= 4 is 0 Å². The average molecular weight is 234 g/mol. The van der Waals surface area contributed by atoms with Crippen LogP contribution in [0.5, 0.6) is 0 Å². The van der Waals surface area contributed by atoms with E-state index in [9.17, 15) is 13.9 Å². The lowest BCUT2D eigenvalue weighted by molar-refractivity contribution is 0.215. The van der Waals surface area contributed by atoms with E-state index in [2.05, 4.69) is 0 Å². The Morgan fingerprint density at radius 1 is 1.00 bits per heavy atom. The quantitative estimate of drug-likeness (QED) is 0.844. The predicted octanol–water partition coefficient (Wildman–Crippen LogP) is 3.35. The summed E-state index contributed by atoms with van der Waals surface area (Å²) in [5.41, 5.74) is 1.54. The maximum Gasteiger partial charge on any atom is 0.129 e. The lowest BCUT2D eigenvalue weighted by Gasteiger charge is -2.13. The summed E-state index contributed by atoms with van der Waals surface area (Å²) in [5, 5.41) is 10.0. The summed E-state index contributed by atoms with van der Waals surface area (Å²) in [6, 6.07) is 9.92. The third-order valence-corrected chi connectivity index (χ3v) is 2.63.